The number of allylic oxidation sites excluding steroid dienone is 1. The Labute approximate surface area is 141 Å². The highest BCUT2D eigenvalue weighted by Crippen LogP contribution is 2.13. The summed E-state index contributed by atoms with van der Waals surface area (Å²) in [5, 5.41) is 10.5. The third-order valence-electron chi connectivity index (χ3n) is 3.41. The minimum Gasteiger partial charge on any atom is -0.281 e. The van der Waals surface area contributed by atoms with E-state index in [2.05, 4.69) is 5.11 Å². The standard InChI is InChI=1S/C11H13N3.C8H8F2/c1-3-4-9-7-10(11(12)14-13)6-5-8(9)2;1-2-6-3-4-7(9)5-8(6)10/h3-7,12-13H,1-2H3;3-5H,2H2,1H3/b4-3-,12-11?,14-13?;. The molecule has 3 nitrogen and oxygen atoms in total. The summed E-state index contributed by atoms with van der Waals surface area (Å²) in [5.74, 6) is -0.979. The number of aryl methyl sites for hydroxylation is 2. The maximum absolute atomic E-state index is 12.6. The van der Waals surface area contributed by atoms with Gasteiger partial charge in [0.05, 0.1) is 0 Å². The highest BCUT2D eigenvalue weighted by atomic mass is 19.1. The van der Waals surface area contributed by atoms with Crippen LogP contribution in [-0.4, -0.2) is 5.84 Å². The molecule has 0 bridgehead atoms. The highest BCUT2D eigenvalue weighted by Gasteiger charge is 2.01. The number of hydrogen-bond acceptors (Lipinski definition) is 2. The molecule has 0 fully saturated rings. The van der Waals surface area contributed by atoms with Crippen molar-refractivity contribution in [3.63, 3.8) is 0 Å². The van der Waals surface area contributed by atoms with Crippen LogP contribution in [-0.2, 0) is 6.42 Å². The van der Waals surface area contributed by atoms with Gasteiger partial charge >= 0.3 is 0 Å². The molecule has 0 heterocycles. The van der Waals surface area contributed by atoms with Crippen LogP contribution in [0.3, 0.4) is 0 Å². The third-order valence-corrected chi connectivity index (χ3v) is 3.41. The fraction of sp³-hybridized carbons (Fsp3) is 0.211. The molecule has 5 heteroatoms. The van der Waals surface area contributed by atoms with Crippen LogP contribution in [0.25, 0.3) is 6.08 Å². The van der Waals surface area contributed by atoms with Crippen molar-refractivity contribution in [1.29, 1.82) is 10.9 Å². The molecule has 0 amide bonds. The summed E-state index contributed by atoms with van der Waals surface area (Å²) in [6.45, 7) is 5.79. The zero-order valence-electron chi connectivity index (χ0n) is 14.0. The zero-order valence-corrected chi connectivity index (χ0v) is 14.0. The predicted octanol–water partition coefficient (Wildman–Crippen LogP) is 5.91. The average Bonchev–Trinajstić information content (AvgIpc) is 2.57. The fourth-order valence-corrected chi connectivity index (χ4v) is 2.02. The van der Waals surface area contributed by atoms with E-state index in [-0.39, 0.29) is 5.84 Å². The number of hydrogen-bond donors (Lipinski definition) is 2. The molecule has 126 valence electrons. The van der Waals surface area contributed by atoms with Gasteiger partial charge < -0.3 is 0 Å². The van der Waals surface area contributed by atoms with E-state index in [0.717, 1.165) is 17.2 Å². The fourth-order valence-electron chi connectivity index (χ4n) is 2.02. The van der Waals surface area contributed by atoms with Gasteiger partial charge in [0.1, 0.15) is 11.6 Å². The minimum atomic E-state index is -0.519. The molecule has 0 aliphatic rings. The average molecular weight is 329 g/mol. The Kier molecular flexibility index (Phi) is 7.62. The lowest BCUT2D eigenvalue weighted by Gasteiger charge is -2.03. The summed E-state index contributed by atoms with van der Waals surface area (Å²) >= 11 is 0. The van der Waals surface area contributed by atoms with E-state index in [9.17, 15) is 8.78 Å². The van der Waals surface area contributed by atoms with Gasteiger partial charge in [0, 0.05) is 11.6 Å². The molecule has 0 saturated carbocycles. The van der Waals surface area contributed by atoms with Gasteiger partial charge in [-0.15, -0.1) is 5.11 Å². The highest BCUT2D eigenvalue weighted by molar-refractivity contribution is 5.97. The maximum atomic E-state index is 12.6. The van der Waals surface area contributed by atoms with E-state index in [0.29, 0.717) is 17.5 Å². The van der Waals surface area contributed by atoms with Crippen molar-refractivity contribution < 1.29 is 8.78 Å². The van der Waals surface area contributed by atoms with Gasteiger partial charge in [0.25, 0.3) is 0 Å². The molecule has 0 aliphatic carbocycles. The second-order valence-electron chi connectivity index (χ2n) is 5.12. The summed E-state index contributed by atoms with van der Waals surface area (Å²) in [7, 11) is 0. The lowest BCUT2D eigenvalue weighted by molar-refractivity contribution is 0.573. The molecule has 0 radical (unpaired) electrons. The van der Waals surface area contributed by atoms with Crippen LogP contribution in [0.15, 0.2) is 47.6 Å². The zero-order chi connectivity index (χ0) is 18.1. The summed E-state index contributed by atoms with van der Waals surface area (Å²) in [5.41, 5.74) is 10.2. The Hall–Kier alpha value is -2.69. The van der Waals surface area contributed by atoms with Crippen LogP contribution in [0.2, 0.25) is 0 Å². The van der Waals surface area contributed by atoms with Gasteiger partial charge in [-0.05, 0) is 49.1 Å². The van der Waals surface area contributed by atoms with Gasteiger partial charge in [-0.25, -0.2) is 14.3 Å². The van der Waals surface area contributed by atoms with Crippen LogP contribution in [0.5, 0.6) is 0 Å². The molecule has 24 heavy (non-hydrogen) atoms. The predicted molar refractivity (Wildman–Crippen MR) is 93.6 cm³/mol. The molecule has 0 spiro atoms. The maximum Gasteiger partial charge on any atom is 0.173 e. The van der Waals surface area contributed by atoms with Crippen molar-refractivity contribution in [2.45, 2.75) is 27.2 Å². The van der Waals surface area contributed by atoms with Crippen molar-refractivity contribution in [3.05, 3.63) is 76.4 Å². The van der Waals surface area contributed by atoms with Crippen molar-refractivity contribution in [2.75, 3.05) is 0 Å². The van der Waals surface area contributed by atoms with Crippen molar-refractivity contribution in [2.24, 2.45) is 5.11 Å². The second kappa shape index (κ2) is 9.45. The van der Waals surface area contributed by atoms with E-state index >= 15 is 0 Å². The van der Waals surface area contributed by atoms with Crippen LogP contribution < -0.4 is 0 Å². The topological polar surface area (TPSA) is 60.1 Å². The molecule has 0 unspecified atom stereocenters. The number of nitrogens with one attached hydrogen (secondary N) is 2. The van der Waals surface area contributed by atoms with Gasteiger partial charge in [-0.2, -0.15) is 0 Å². The quantitative estimate of drug-likeness (QED) is 0.399. The van der Waals surface area contributed by atoms with E-state index in [4.69, 9.17) is 10.9 Å². The first-order valence-corrected chi connectivity index (χ1v) is 7.56. The van der Waals surface area contributed by atoms with Gasteiger partial charge in [0.2, 0.25) is 0 Å². The van der Waals surface area contributed by atoms with Gasteiger partial charge in [0.15, 0.2) is 5.84 Å². The molecule has 0 aliphatic heterocycles. The lowest BCUT2D eigenvalue weighted by atomic mass is 10.0. The monoisotopic (exact) mass is 329 g/mol. The van der Waals surface area contributed by atoms with Crippen LogP contribution in [0.1, 0.15) is 36.1 Å². The third kappa shape index (κ3) is 5.50. The van der Waals surface area contributed by atoms with E-state index < -0.39 is 11.6 Å². The summed E-state index contributed by atoms with van der Waals surface area (Å²) < 4.78 is 24.9. The molecule has 2 aromatic rings. The van der Waals surface area contributed by atoms with Crippen molar-refractivity contribution in [1.82, 2.24) is 0 Å². The van der Waals surface area contributed by atoms with E-state index in [1.807, 2.05) is 51.1 Å². The SMILES string of the molecule is C/C=C\c1cc(C(=N)N=N)ccc1C.CCc1ccc(F)cc1F. The number of amidine groups is 1. The number of halogens is 2. The van der Waals surface area contributed by atoms with Gasteiger partial charge in [-0.1, -0.05) is 37.3 Å². The minimum absolute atomic E-state index is 0.00393. The largest absolute Gasteiger partial charge is 0.281 e. The molecule has 2 aromatic carbocycles. The summed E-state index contributed by atoms with van der Waals surface area (Å²) in [6, 6.07) is 9.24. The molecule has 0 saturated heterocycles. The lowest BCUT2D eigenvalue weighted by Crippen LogP contribution is -1.94. The number of rotatable bonds is 3. The molecular weight excluding hydrogens is 308 g/mol. The first-order chi connectivity index (χ1) is 11.4. The molecule has 0 atom stereocenters. The first kappa shape index (κ1) is 19.4. The van der Waals surface area contributed by atoms with E-state index in [1.165, 1.54) is 12.1 Å². The van der Waals surface area contributed by atoms with Crippen LogP contribution in [0.4, 0.5) is 8.78 Å². The van der Waals surface area contributed by atoms with Gasteiger partial charge in [-0.3, -0.25) is 5.41 Å². The van der Waals surface area contributed by atoms with E-state index in [1.54, 1.807) is 0 Å². The molecule has 2 N–H and O–H groups in total. The molecular formula is C19H21F2N3. The Morgan fingerprint density at radius 3 is 2.42 bits per heavy atom. The molecule has 0 aromatic heterocycles. The Morgan fingerprint density at radius 1 is 1.17 bits per heavy atom. The van der Waals surface area contributed by atoms with Crippen molar-refractivity contribution in [3.8, 4) is 0 Å². The van der Waals surface area contributed by atoms with Crippen molar-refractivity contribution >= 4 is 11.9 Å². The summed E-state index contributed by atoms with van der Waals surface area (Å²) in [4.78, 5) is 0. The Balaban J connectivity index is 0.000000254. The Morgan fingerprint density at radius 2 is 1.88 bits per heavy atom. The number of benzene rings is 2. The number of nitrogens with zero attached hydrogens (tertiary/aromatic N) is 1. The normalized spacial score (nSPS) is 10.2. The first-order valence-electron chi connectivity index (χ1n) is 7.56. The Bertz CT molecular complexity index is 752. The van der Waals surface area contributed by atoms with Crippen LogP contribution in [0, 0.1) is 29.5 Å². The molecule has 2 rings (SSSR count). The smallest absolute Gasteiger partial charge is 0.173 e. The summed E-state index contributed by atoms with van der Waals surface area (Å²) in [6.07, 6.45) is 4.54. The van der Waals surface area contributed by atoms with Crippen LogP contribution >= 0.6 is 0 Å². The second-order valence-corrected chi connectivity index (χ2v) is 5.12.